The second-order valence-corrected chi connectivity index (χ2v) is 24.7. The molecule has 4 aromatic rings. The Morgan fingerprint density at radius 2 is 0.947 bits per heavy atom. The summed E-state index contributed by atoms with van der Waals surface area (Å²) >= 11 is 0. The van der Waals surface area contributed by atoms with E-state index in [-0.39, 0.29) is 51.1 Å². The molecule has 76 heavy (non-hydrogen) atoms. The number of alkyl halides is 12. The van der Waals surface area contributed by atoms with Crippen LogP contribution in [0.25, 0.3) is 0 Å². The van der Waals surface area contributed by atoms with E-state index < -0.39 is 124 Å². The summed E-state index contributed by atoms with van der Waals surface area (Å²) in [5, 5.41) is -1.87. The van der Waals surface area contributed by atoms with E-state index in [0.29, 0.717) is 6.42 Å². The Bertz CT molecular complexity index is 3350. The Kier molecular flexibility index (Phi) is 16.5. The molecule has 5 unspecified atom stereocenters. The van der Waals surface area contributed by atoms with Crippen molar-refractivity contribution < 1.29 is 131 Å². The third kappa shape index (κ3) is 12.6. The van der Waals surface area contributed by atoms with Crippen molar-refractivity contribution >= 4 is 67.7 Å². The lowest BCUT2D eigenvalue weighted by Gasteiger charge is -2.38. The molecule has 7 rings (SSSR count). The lowest BCUT2D eigenvalue weighted by atomic mass is 9.85. The molecule has 1 saturated carbocycles. The first-order valence-corrected chi connectivity index (χ1v) is 27.6. The monoisotopic (exact) mass is 1200 g/mol. The lowest BCUT2D eigenvalue weighted by Crippen LogP contribution is -2.42. The smallest absolute Gasteiger partial charge is 0.372 e. The Morgan fingerprint density at radius 1 is 0.566 bits per heavy atom. The van der Waals surface area contributed by atoms with Crippen molar-refractivity contribution in [1.82, 2.24) is 5.06 Å². The first-order chi connectivity index (χ1) is 34.4. The van der Waals surface area contributed by atoms with Gasteiger partial charge < -0.3 is 21.7 Å². The molecule has 0 aromatic heterocycles. The predicted molar refractivity (Wildman–Crippen MR) is 232 cm³/mol. The van der Waals surface area contributed by atoms with E-state index in [9.17, 15) is 114 Å². The molecule has 2 amide bonds. The lowest BCUT2D eigenvalue weighted by molar-refractivity contribution is -0.169. The third-order valence-electron chi connectivity index (χ3n) is 10.6. The topological polar surface area (TPSA) is 285 Å². The van der Waals surface area contributed by atoms with Crippen LogP contribution < -0.4 is 12.5 Å². The van der Waals surface area contributed by atoms with Gasteiger partial charge in [-0.3, -0.25) is 14.4 Å². The van der Waals surface area contributed by atoms with Crippen LogP contribution in [0.3, 0.4) is 0 Å². The van der Waals surface area contributed by atoms with Gasteiger partial charge in [0.25, 0.3) is 11.8 Å². The molecule has 2 fully saturated rings. The summed E-state index contributed by atoms with van der Waals surface area (Å²) in [4.78, 5) is 36.8. The van der Waals surface area contributed by atoms with Gasteiger partial charge >= 0.3 is 62.5 Å². The Morgan fingerprint density at radius 3 is 1.34 bits per heavy atom. The zero-order valence-corrected chi connectivity index (χ0v) is 41.1. The van der Waals surface area contributed by atoms with Gasteiger partial charge in [0, 0.05) is 5.56 Å². The molecule has 1 saturated heterocycles. The number of amides is 2. The summed E-state index contributed by atoms with van der Waals surface area (Å²) in [6.07, 6.45) is 4.02. The molecule has 1 heterocycles. The molecule has 36 heteroatoms. The van der Waals surface area contributed by atoms with Crippen molar-refractivity contribution in [2.24, 2.45) is 23.7 Å². The fourth-order valence-electron chi connectivity index (χ4n) is 7.19. The SMILES string of the molecule is Cc1ccc(S(=O)(O)(O)C(C(=O)c2ccccc2)c2ccccc2)cc1.O=C1C2C3C=CC(C3)C2C(=O)N1OS(=O)(=O)C(F)(F)F.O=S(=O)(Oc1cccc(OS(=O)(=O)C(F)(F)F)c1OS(=O)(=O)C(F)(F)F)C(F)(F)F. The molecule has 418 valence electrons. The van der Waals surface area contributed by atoms with E-state index >= 15 is 0 Å². The van der Waals surface area contributed by atoms with Crippen molar-refractivity contribution in [2.75, 3.05) is 0 Å². The molecule has 5 atom stereocenters. The summed E-state index contributed by atoms with van der Waals surface area (Å²) < 4.78 is 285. The first kappa shape index (κ1) is 60.7. The average molecular weight is 1200 g/mol. The van der Waals surface area contributed by atoms with Gasteiger partial charge in [0.1, 0.15) is 14.9 Å². The molecule has 2 N–H and O–H groups in total. The Balaban J connectivity index is 0.000000214. The fraction of sp³-hybridized carbons (Fsp3) is 0.275. The minimum Gasteiger partial charge on any atom is -0.372 e. The number of hydrogen-bond acceptors (Lipinski definition) is 16. The summed E-state index contributed by atoms with van der Waals surface area (Å²) in [5.41, 5.74) is -23.1. The van der Waals surface area contributed by atoms with Gasteiger partial charge in [-0.25, -0.2) is 4.21 Å². The largest absolute Gasteiger partial charge is 0.534 e. The summed E-state index contributed by atoms with van der Waals surface area (Å²) in [7, 11) is -31.9. The van der Waals surface area contributed by atoms with Gasteiger partial charge in [-0.15, -0.1) is 9.35 Å². The number of rotatable bonds is 13. The van der Waals surface area contributed by atoms with Crippen LogP contribution in [0.1, 0.15) is 33.2 Å². The summed E-state index contributed by atoms with van der Waals surface area (Å²) in [6.45, 7) is 1.83. The van der Waals surface area contributed by atoms with Crippen molar-refractivity contribution in [3.8, 4) is 17.2 Å². The minimum absolute atomic E-state index is 0.00240. The highest BCUT2D eigenvalue weighted by molar-refractivity contribution is 8.11. The number of carbonyl (C=O) groups excluding carboxylic acids is 3. The van der Waals surface area contributed by atoms with E-state index in [1.807, 2.05) is 6.92 Å². The average Bonchev–Trinajstić information content (AvgIpc) is 3.97. The number of carbonyl (C=O) groups is 3. The van der Waals surface area contributed by atoms with Crippen molar-refractivity contribution in [1.29, 1.82) is 0 Å². The molecule has 0 spiro atoms. The maximum Gasteiger partial charge on any atom is 0.534 e. The van der Waals surface area contributed by atoms with Crippen molar-refractivity contribution in [3.63, 3.8) is 0 Å². The number of nitrogens with zero attached hydrogens (tertiary/aromatic N) is 1. The Hall–Kier alpha value is -6.18. The van der Waals surface area contributed by atoms with Gasteiger partial charge in [-0.05, 0) is 55.0 Å². The molecule has 19 nitrogen and oxygen atoms in total. The van der Waals surface area contributed by atoms with Crippen LogP contribution in [0.5, 0.6) is 17.2 Å². The number of para-hydroxylation sites is 1. The molecule has 0 radical (unpaired) electrons. The number of imide groups is 1. The van der Waals surface area contributed by atoms with Gasteiger partial charge in [0.05, 0.1) is 16.7 Å². The number of halogens is 12. The highest BCUT2D eigenvalue weighted by Crippen LogP contribution is 2.53. The zero-order valence-electron chi connectivity index (χ0n) is 37.0. The number of allylic oxidation sites excluding steroid dienone is 2. The molecule has 2 aliphatic carbocycles. The number of ketones is 1. The van der Waals surface area contributed by atoms with E-state index in [2.05, 4.69) is 16.8 Å². The maximum atomic E-state index is 13.5. The Labute approximate surface area is 420 Å². The number of hydroxylamine groups is 2. The fourth-order valence-corrected chi connectivity index (χ4v) is 11.1. The highest BCUT2D eigenvalue weighted by Gasteiger charge is 2.63. The molecule has 1 aliphatic heterocycles. The van der Waals surface area contributed by atoms with Crippen LogP contribution in [-0.2, 0) is 64.0 Å². The van der Waals surface area contributed by atoms with Crippen molar-refractivity contribution in [3.05, 3.63) is 132 Å². The molecular weight excluding hydrogens is 1170 g/mol. The first-order valence-electron chi connectivity index (χ1n) is 20.0. The van der Waals surface area contributed by atoms with Crippen LogP contribution in [0.15, 0.2) is 120 Å². The number of benzene rings is 4. The second-order valence-electron chi connectivity index (χ2n) is 15.7. The van der Waals surface area contributed by atoms with E-state index in [1.165, 1.54) is 12.1 Å². The van der Waals surface area contributed by atoms with Gasteiger partial charge in [0.15, 0.2) is 17.3 Å². The van der Waals surface area contributed by atoms with Crippen molar-refractivity contribution in [2.45, 2.75) is 45.5 Å². The molecule has 2 bridgehead atoms. The zero-order chi connectivity index (χ0) is 57.7. The number of hydrogen-bond donors (Lipinski definition) is 2. The number of aryl methyl sites for hydroxylation is 1. The van der Waals surface area contributed by atoms with Gasteiger partial charge in [0.2, 0.25) is 5.75 Å². The normalized spacial score (nSPS) is 20.0. The van der Waals surface area contributed by atoms with E-state index in [4.69, 9.17) is 0 Å². The summed E-state index contributed by atoms with van der Waals surface area (Å²) in [5.74, 6) is -11.4. The highest BCUT2D eigenvalue weighted by atomic mass is 32.3. The molecule has 4 aromatic carbocycles. The second kappa shape index (κ2) is 20.6. The summed E-state index contributed by atoms with van der Waals surface area (Å²) in [6, 6.07) is 22.7. The van der Waals surface area contributed by atoms with Crippen LogP contribution in [0.2, 0.25) is 0 Å². The number of Topliss-reactive ketones (excluding diaryl/α,β-unsaturated/α-hetero) is 1. The van der Waals surface area contributed by atoms with Gasteiger partial charge in [-0.2, -0.15) is 86.4 Å². The third-order valence-corrected chi connectivity index (χ3v) is 16.9. The van der Waals surface area contributed by atoms with E-state index in [1.54, 1.807) is 84.9 Å². The standard InChI is InChI=1S/C21H20O4S.C10H8F3NO5S.C9H3F9O9S3/c1-16-12-14-19(15-13-16)26(23,24,25)21(18-10-6-3-7-11-18)20(22)17-8-4-2-5-9-17;11-10(12,13)20(17,18)19-14-8(15)6-4-1-2-5(3-4)7(6)9(14)16;10-7(11,12)28(19,20)25-4-2-1-3-5(26-29(21,22)8(13,14)15)6(4)27-30(23,24)9(16,17)18/h2-15,21H,1H3,(H2,23,24,25);1-2,4-7H,3H2;1-3H. The molecule has 3 aliphatic rings. The van der Waals surface area contributed by atoms with Gasteiger partial charge in [-0.1, -0.05) is 96.6 Å². The quantitative estimate of drug-likeness (QED) is 0.0324. The minimum atomic E-state index is -6.89. The maximum absolute atomic E-state index is 13.5. The van der Waals surface area contributed by atoms with Crippen LogP contribution in [0.4, 0.5) is 52.7 Å². The number of fused-ring (bicyclic) bond motifs is 5. The predicted octanol–water partition coefficient (Wildman–Crippen LogP) is 7.69. The van der Waals surface area contributed by atoms with Crippen LogP contribution in [0, 0.1) is 30.6 Å². The van der Waals surface area contributed by atoms with Crippen LogP contribution >= 0.6 is 0 Å². The molecular formula is C40H31F12NO18S5. The van der Waals surface area contributed by atoms with Crippen LogP contribution in [-0.4, -0.2) is 91.7 Å². The van der Waals surface area contributed by atoms with E-state index in [0.717, 1.165) is 5.56 Å².